The molecular formula is C24H19FN4O4. The van der Waals surface area contributed by atoms with Gasteiger partial charge in [-0.15, -0.1) is 0 Å². The van der Waals surface area contributed by atoms with Crippen LogP contribution >= 0.6 is 0 Å². The summed E-state index contributed by atoms with van der Waals surface area (Å²) in [4.78, 5) is 28.2. The predicted molar refractivity (Wildman–Crippen MR) is 117 cm³/mol. The quantitative estimate of drug-likeness (QED) is 0.564. The second-order valence-electron chi connectivity index (χ2n) is 8.23. The van der Waals surface area contributed by atoms with E-state index in [1.54, 1.807) is 12.3 Å². The van der Waals surface area contributed by atoms with Crippen molar-refractivity contribution >= 4 is 23.4 Å². The first-order valence-corrected chi connectivity index (χ1v) is 10.6. The third kappa shape index (κ3) is 3.61. The summed E-state index contributed by atoms with van der Waals surface area (Å²) in [5.74, 6) is 2.23. The average molecular weight is 446 g/mol. The van der Waals surface area contributed by atoms with E-state index in [-0.39, 0.29) is 35.8 Å². The van der Waals surface area contributed by atoms with Crippen molar-refractivity contribution in [2.75, 3.05) is 10.6 Å². The Morgan fingerprint density at radius 1 is 1.15 bits per heavy atom. The molecule has 0 spiro atoms. The number of benzene rings is 2. The van der Waals surface area contributed by atoms with Crippen molar-refractivity contribution in [2.45, 2.75) is 30.9 Å². The minimum atomic E-state index is -0.371. The summed E-state index contributed by atoms with van der Waals surface area (Å²) in [7, 11) is 0. The number of amides is 3. The van der Waals surface area contributed by atoms with E-state index in [4.69, 9.17) is 9.47 Å². The number of carbonyl (C=O) groups excluding carboxylic acids is 2. The van der Waals surface area contributed by atoms with Gasteiger partial charge in [0.25, 0.3) is 0 Å². The van der Waals surface area contributed by atoms with Crippen molar-refractivity contribution in [3.63, 3.8) is 0 Å². The molecule has 0 radical (unpaired) electrons. The monoisotopic (exact) mass is 446 g/mol. The number of fused-ring (bicyclic) bond motifs is 4. The molecule has 3 amide bonds. The van der Waals surface area contributed by atoms with E-state index in [9.17, 15) is 14.0 Å². The van der Waals surface area contributed by atoms with Gasteiger partial charge in [-0.3, -0.25) is 4.79 Å². The van der Waals surface area contributed by atoms with Crippen molar-refractivity contribution in [1.82, 2.24) is 10.3 Å². The second kappa shape index (κ2) is 7.47. The SMILES string of the molecule is O=C1CCc2c(Oc3ccc4c(c3)[C@H]3[C@@H](NC(=O)Nc5ccc(F)cc5)[C@H]3O4)ccnc2N1. The molecule has 3 aliphatic rings. The van der Waals surface area contributed by atoms with Crippen LogP contribution in [0.5, 0.6) is 17.2 Å². The fourth-order valence-electron chi connectivity index (χ4n) is 4.41. The first kappa shape index (κ1) is 19.5. The smallest absolute Gasteiger partial charge is 0.319 e. The van der Waals surface area contributed by atoms with E-state index < -0.39 is 0 Å². The normalized spacial score (nSPS) is 21.6. The highest BCUT2D eigenvalue weighted by molar-refractivity contribution is 5.93. The van der Waals surface area contributed by atoms with Crippen LogP contribution in [0.15, 0.2) is 54.7 Å². The second-order valence-corrected chi connectivity index (χ2v) is 8.23. The first-order valence-electron chi connectivity index (χ1n) is 10.6. The van der Waals surface area contributed by atoms with E-state index in [2.05, 4.69) is 20.9 Å². The molecule has 8 nitrogen and oxygen atoms in total. The lowest BCUT2D eigenvalue weighted by Crippen LogP contribution is -2.33. The van der Waals surface area contributed by atoms with Crippen LogP contribution in [0.4, 0.5) is 20.7 Å². The highest BCUT2D eigenvalue weighted by Gasteiger charge is 2.59. The van der Waals surface area contributed by atoms with Gasteiger partial charge in [0.2, 0.25) is 5.91 Å². The maximum absolute atomic E-state index is 13.0. The Balaban J connectivity index is 1.15. The maximum atomic E-state index is 13.0. The number of anilines is 2. The number of halogens is 1. The predicted octanol–water partition coefficient (Wildman–Crippen LogP) is 3.95. The molecule has 1 aliphatic carbocycles. The lowest BCUT2D eigenvalue weighted by molar-refractivity contribution is -0.116. The Kier molecular flexibility index (Phi) is 4.42. The van der Waals surface area contributed by atoms with Gasteiger partial charge in [-0.2, -0.15) is 0 Å². The molecule has 3 N–H and O–H groups in total. The number of ether oxygens (including phenoxy) is 2. The Morgan fingerprint density at radius 2 is 2.00 bits per heavy atom. The van der Waals surface area contributed by atoms with Crippen LogP contribution < -0.4 is 25.4 Å². The van der Waals surface area contributed by atoms with E-state index in [1.807, 2.05) is 18.2 Å². The van der Waals surface area contributed by atoms with E-state index >= 15 is 0 Å². The van der Waals surface area contributed by atoms with Crippen molar-refractivity contribution in [3.8, 4) is 17.2 Å². The summed E-state index contributed by atoms with van der Waals surface area (Å²) in [5.41, 5.74) is 2.35. The zero-order chi connectivity index (χ0) is 22.5. The molecular weight excluding hydrogens is 427 g/mol. The number of nitrogens with zero attached hydrogens (tertiary/aromatic N) is 1. The van der Waals surface area contributed by atoms with Crippen LogP contribution in [-0.2, 0) is 11.2 Å². The van der Waals surface area contributed by atoms with Gasteiger partial charge in [0.15, 0.2) is 0 Å². The van der Waals surface area contributed by atoms with Gasteiger partial charge in [-0.1, -0.05) is 0 Å². The van der Waals surface area contributed by atoms with Gasteiger partial charge >= 0.3 is 6.03 Å². The van der Waals surface area contributed by atoms with Crippen LogP contribution in [-0.4, -0.2) is 29.1 Å². The van der Waals surface area contributed by atoms with Gasteiger partial charge in [-0.05, 0) is 55.0 Å². The summed E-state index contributed by atoms with van der Waals surface area (Å²) < 4.78 is 25.1. The van der Waals surface area contributed by atoms with Crippen LogP contribution in [0.3, 0.4) is 0 Å². The molecule has 3 heterocycles. The minimum Gasteiger partial charge on any atom is -0.487 e. The molecule has 3 atom stereocenters. The summed E-state index contributed by atoms with van der Waals surface area (Å²) in [5, 5.41) is 8.38. The van der Waals surface area contributed by atoms with Crippen molar-refractivity contribution < 1.29 is 23.5 Å². The fraction of sp³-hybridized carbons (Fsp3) is 0.208. The molecule has 1 saturated carbocycles. The Morgan fingerprint density at radius 3 is 2.85 bits per heavy atom. The van der Waals surface area contributed by atoms with Crippen LogP contribution in [0.2, 0.25) is 0 Å². The molecule has 9 heteroatoms. The average Bonchev–Trinajstić information content (AvgIpc) is 3.31. The molecule has 33 heavy (non-hydrogen) atoms. The number of rotatable bonds is 4. The van der Waals surface area contributed by atoms with E-state index in [0.717, 1.165) is 16.9 Å². The summed E-state index contributed by atoms with van der Waals surface area (Å²) in [6.07, 6.45) is 2.44. The standard InChI is InChI=1S/C24H19FN4O4/c25-12-1-3-13(4-2-12)27-24(31)29-21-20-16-11-14(5-7-17(16)33-22(20)21)32-18-9-10-26-23-15(18)6-8-19(30)28-23/h1-5,7,9-11,20-22H,6,8H2,(H,26,28,30)(H2,27,29,31)/t20-,21+,22-/m0/s1. The minimum absolute atomic E-state index is 0.0353. The molecule has 2 aliphatic heterocycles. The molecule has 166 valence electrons. The number of carbonyl (C=O) groups is 2. The lowest BCUT2D eigenvalue weighted by Gasteiger charge is -2.19. The number of pyridine rings is 1. The lowest BCUT2D eigenvalue weighted by atomic mass is 10.1. The van der Waals surface area contributed by atoms with Gasteiger partial charge in [-0.25, -0.2) is 14.2 Å². The van der Waals surface area contributed by atoms with Crippen molar-refractivity contribution in [1.29, 1.82) is 0 Å². The summed E-state index contributed by atoms with van der Waals surface area (Å²) in [6, 6.07) is 12.5. The van der Waals surface area contributed by atoms with E-state index in [0.29, 0.717) is 35.8 Å². The van der Waals surface area contributed by atoms with E-state index in [1.165, 1.54) is 24.3 Å². The Labute approximate surface area is 188 Å². The number of urea groups is 1. The summed E-state index contributed by atoms with van der Waals surface area (Å²) >= 11 is 0. The zero-order valence-electron chi connectivity index (χ0n) is 17.3. The van der Waals surface area contributed by atoms with Crippen molar-refractivity contribution in [3.05, 3.63) is 71.7 Å². The molecule has 1 aromatic heterocycles. The molecule has 1 fully saturated rings. The number of aromatic nitrogens is 1. The third-order valence-corrected chi connectivity index (χ3v) is 6.06. The van der Waals surface area contributed by atoms with Gasteiger partial charge in [0.05, 0.1) is 12.0 Å². The molecule has 2 aromatic carbocycles. The van der Waals surface area contributed by atoms with Crippen LogP contribution in [0.1, 0.15) is 23.5 Å². The first-order chi connectivity index (χ1) is 16.0. The Bertz CT molecular complexity index is 1280. The number of nitrogens with one attached hydrogen (secondary N) is 3. The zero-order valence-corrected chi connectivity index (χ0v) is 17.3. The highest BCUT2D eigenvalue weighted by Crippen LogP contribution is 2.54. The maximum Gasteiger partial charge on any atom is 0.319 e. The molecule has 3 aromatic rings. The highest BCUT2D eigenvalue weighted by atomic mass is 19.1. The number of hydrogen-bond acceptors (Lipinski definition) is 5. The molecule has 0 unspecified atom stereocenters. The van der Waals surface area contributed by atoms with Crippen molar-refractivity contribution in [2.24, 2.45) is 0 Å². The molecule has 6 rings (SSSR count). The van der Waals surface area contributed by atoms with Crippen LogP contribution in [0, 0.1) is 5.82 Å². The van der Waals surface area contributed by atoms with Gasteiger partial charge in [0, 0.05) is 29.4 Å². The van der Waals surface area contributed by atoms with Gasteiger partial charge < -0.3 is 25.4 Å². The Hall–Kier alpha value is -4.14. The summed E-state index contributed by atoms with van der Waals surface area (Å²) in [6.45, 7) is 0. The topological polar surface area (TPSA) is 102 Å². The largest absolute Gasteiger partial charge is 0.487 e. The number of hydrogen-bond donors (Lipinski definition) is 3. The fourth-order valence-corrected chi connectivity index (χ4v) is 4.41. The third-order valence-electron chi connectivity index (χ3n) is 6.06. The van der Waals surface area contributed by atoms with Gasteiger partial charge in [0.1, 0.15) is 35.0 Å². The molecule has 0 saturated heterocycles. The molecule has 0 bridgehead atoms. The van der Waals surface area contributed by atoms with Crippen LogP contribution in [0.25, 0.3) is 0 Å².